The van der Waals surface area contributed by atoms with Gasteiger partial charge < -0.3 is 0 Å². The van der Waals surface area contributed by atoms with Gasteiger partial charge >= 0.3 is 0 Å². The van der Waals surface area contributed by atoms with Crippen LogP contribution in [0.3, 0.4) is 0 Å². The molecule has 0 aliphatic rings. The van der Waals surface area contributed by atoms with Crippen LogP contribution in [0.1, 0.15) is 40.5 Å². The second kappa shape index (κ2) is 6.47. The molecule has 0 aliphatic carbocycles. The molecule has 1 nitrogen and oxygen atoms in total. The van der Waals surface area contributed by atoms with E-state index in [-0.39, 0.29) is 5.38 Å². The number of alkyl halides is 1. The molecule has 0 N–H and O–H groups in total. The molecule has 0 aromatic rings. The molecule has 2 unspecified atom stereocenters. The quantitative estimate of drug-likeness (QED) is 0.464. The SMILES string of the molecule is CCCC(C)CN=C(C)C(C)Cl. The van der Waals surface area contributed by atoms with Crippen molar-refractivity contribution in [3.63, 3.8) is 0 Å². The van der Waals surface area contributed by atoms with Crippen molar-refractivity contribution in [1.82, 2.24) is 0 Å². The zero-order valence-electron chi connectivity index (χ0n) is 8.60. The molecular formula is C10H20ClN. The first-order chi connectivity index (χ1) is 5.57. The highest BCUT2D eigenvalue weighted by molar-refractivity contribution is 6.31. The second-order valence-corrected chi connectivity index (χ2v) is 4.15. The van der Waals surface area contributed by atoms with Gasteiger partial charge in [-0.3, -0.25) is 4.99 Å². The van der Waals surface area contributed by atoms with Gasteiger partial charge in [0.1, 0.15) is 0 Å². The van der Waals surface area contributed by atoms with Crippen molar-refractivity contribution in [2.24, 2.45) is 10.9 Å². The minimum absolute atomic E-state index is 0.0822. The van der Waals surface area contributed by atoms with Crippen molar-refractivity contribution < 1.29 is 0 Å². The first kappa shape index (κ1) is 12.0. The highest BCUT2D eigenvalue weighted by Gasteiger charge is 2.02. The van der Waals surface area contributed by atoms with Gasteiger partial charge in [0, 0.05) is 12.3 Å². The van der Waals surface area contributed by atoms with Crippen LogP contribution in [-0.4, -0.2) is 17.6 Å². The number of hydrogen-bond acceptors (Lipinski definition) is 1. The molecular weight excluding hydrogens is 170 g/mol. The Labute approximate surface area is 81.2 Å². The van der Waals surface area contributed by atoms with Crippen molar-refractivity contribution in [2.75, 3.05) is 6.54 Å². The number of hydrogen-bond donors (Lipinski definition) is 0. The van der Waals surface area contributed by atoms with Crippen molar-refractivity contribution in [3.05, 3.63) is 0 Å². The standard InChI is InChI=1S/C10H20ClN/c1-5-6-8(2)7-12-10(4)9(3)11/h8-9H,5-7H2,1-4H3. The maximum Gasteiger partial charge on any atom is 0.0682 e. The molecule has 0 aromatic carbocycles. The van der Waals surface area contributed by atoms with E-state index in [1.54, 1.807) is 0 Å². The molecule has 0 aliphatic heterocycles. The van der Waals surface area contributed by atoms with Gasteiger partial charge in [-0.15, -0.1) is 11.6 Å². The largest absolute Gasteiger partial charge is 0.293 e. The molecule has 0 saturated heterocycles. The molecule has 72 valence electrons. The molecule has 2 atom stereocenters. The summed E-state index contributed by atoms with van der Waals surface area (Å²) in [6.45, 7) is 9.33. The molecule has 0 spiro atoms. The molecule has 0 aromatic heterocycles. The van der Waals surface area contributed by atoms with Gasteiger partial charge in [0.25, 0.3) is 0 Å². The molecule has 0 rings (SSSR count). The van der Waals surface area contributed by atoms with Gasteiger partial charge in [-0.1, -0.05) is 20.3 Å². The number of halogens is 1. The second-order valence-electron chi connectivity index (χ2n) is 3.49. The molecule has 0 radical (unpaired) electrons. The Kier molecular flexibility index (Phi) is 6.45. The van der Waals surface area contributed by atoms with Crippen LogP contribution in [0.2, 0.25) is 0 Å². The summed E-state index contributed by atoms with van der Waals surface area (Å²) in [5.41, 5.74) is 1.06. The summed E-state index contributed by atoms with van der Waals surface area (Å²) in [6.07, 6.45) is 2.50. The first-order valence-electron chi connectivity index (χ1n) is 4.73. The van der Waals surface area contributed by atoms with E-state index in [2.05, 4.69) is 18.8 Å². The highest BCUT2D eigenvalue weighted by atomic mass is 35.5. The van der Waals surface area contributed by atoms with Gasteiger partial charge in [-0.2, -0.15) is 0 Å². The summed E-state index contributed by atoms with van der Waals surface area (Å²) < 4.78 is 0. The minimum atomic E-state index is 0.0822. The van der Waals surface area contributed by atoms with Crippen LogP contribution < -0.4 is 0 Å². The third-order valence-electron chi connectivity index (χ3n) is 2.01. The van der Waals surface area contributed by atoms with Crippen molar-refractivity contribution >= 4 is 17.3 Å². The van der Waals surface area contributed by atoms with E-state index in [9.17, 15) is 0 Å². The lowest BCUT2D eigenvalue weighted by molar-refractivity contribution is 0.537. The van der Waals surface area contributed by atoms with Gasteiger partial charge in [0.2, 0.25) is 0 Å². The number of aliphatic imine (C=N–C) groups is 1. The normalized spacial score (nSPS) is 17.6. The van der Waals surface area contributed by atoms with Crippen LogP contribution in [0.25, 0.3) is 0 Å². The molecule has 0 saturated carbocycles. The van der Waals surface area contributed by atoms with Crippen LogP contribution in [0, 0.1) is 5.92 Å². The van der Waals surface area contributed by atoms with E-state index < -0.39 is 0 Å². The van der Waals surface area contributed by atoms with Gasteiger partial charge in [-0.05, 0) is 26.2 Å². The van der Waals surface area contributed by atoms with E-state index >= 15 is 0 Å². The van der Waals surface area contributed by atoms with E-state index in [1.165, 1.54) is 12.8 Å². The molecule has 0 bridgehead atoms. The Hall–Kier alpha value is -0.0400. The monoisotopic (exact) mass is 189 g/mol. The molecule has 0 fully saturated rings. The van der Waals surface area contributed by atoms with Crippen LogP contribution in [-0.2, 0) is 0 Å². The van der Waals surface area contributed by atoms with E-state index in [1.807, 2.05) is 13.8 Å². The Morgan fingerprint density at radius 3 is 2.42 bits per heavy atom. The van der Waals surface area contributed by atoms with Crippen LogP contribution >= 0.6 is 11.6 Å². The van der Waals surface area contributed by atoms with Crippen molar-refractivity contribution in [1.29, 1.82) is 0 Å². The lowest BCUT2D eigenvalue weighted by Crippen LogP contribution is -2.08. The Morgan fingerprint density at radius 2 is 2.00 bits per heavy atom. The number of rotatable bonds is 5. The maximum atomic E-state index is 5.86. The fraction of sp³-hybridized carbons (Fsp3) is 0.900. The predicted octanol–water partition coefficient (Wildman–Crippen LogP) is 3.51. The molecule has 12 heavy (non-hydrogen) atoms. The van der Waals surface area contributed by atoms with E-state index in [0.29, 0.717) is 5.92 Å². The smallest absolute Gasteiger partial charge is 0.0682 e. The summed E-state index contributed by atoms with van der Waals surface area (Å²) in [6, 6.07) is 0. The minimum Gasteiger partial charge on any atom is -0.293 e. The zero-order chi connectivity index (χ0) is 9.56. The molecule has 0 heterocycles. The summed E-state index contributed by atoms with van der Waals surface area (Å²) >= 11 is 5.86. The molecule has 0 amide bonds. The first-order valence-corrected chi connectivity index (χ1v) is 5.16. The molecule has 2 heteroatoms. The van der Waals surface area contributed by atoms with Gasteiger partial charge in [0.05, 0.1) is 5.38 Å². The van der Waals surface area contributed by atoms with Crippen molar-refractivity contribution in [2.45, 2.75) is 45.9 Å². The van der Waals surface area contributed by atoms with Gasteiger partial charge in [0.15, 0.2) is 0 Å². The Balaban J connectivity index is 3.71. The average molecular weight is 190 g/mol. The van der Waals surface area contributed by atoms with Crippen LogP contribution in [0.15, 0.2) is 4.99 Å². The fourth-order valence-corrected chi connectivity index (χ4v) is 1.08. The summed E-state index contributed by atoms with van der Waals surface area (Å²) in [5.74, 6) is 0.695. The summed E-state index contributed by atoms with van der Waals surface area (Å²) in [4.78, 5) is 4.43. The third kappa shape index (κ3) is 5.59. The van der Waals surface area contributed by atoms with Crippen LogP contribution in [0.4, 0.5) is 0 Å². The van der Waals surface area contributed by atoms with E-state index in [0.717, 1.165) is 12.3 Å². The lowest BCUT2D eigenvalue weighted by atomic mass is 10.1. The lowest BCUT2D eigenvalue weighted by Gasteiger charge is -2.07. The maximum absolute atomic E-state index is 5.86. The third-order valence-corrected chi connectivity index (χ3v) is 2.33. The Bertz CT molecular complexity index is 141. The van der Waals surface area contributed by atoms with E-state index in [4.69, 9.17) is 11.6 Å². The average Bonchev–Trinajstić information content (AvgIpc) is 2.00. The van der Waals surface area contributed by atoms with Crippen LogP contribution in [0.5, 0.6) is 0 Å². The predicted molar refractivity (Wildman–Crippen MR) is 57.4 cm³/mol. The Morgan fingerprint density at radius 1 is 1.42 bits per heavy atom. The topological polar surface area (TPSA) is 12.4 Å². The summed E-state index contributed by atoms with van der Waals surface area (Å²) in [7, 11) is 0. The summed E-state index contributed by atoms with van der Waals surface area (Å²) in [5, 5.41) is 0.0822. The number of nitrogens with zero attached hydrogens (tertiary/aromatic N) is 1. The van der Waals surface area contributed by atoms with Crippen molar-refractivity contribution in [3.8, 4) is 0 Å². The highest BCUT2D eigenvalue weighted by Crippen LogP contribution is 2.06. The fourth-order valence-electron chi connectivity index (χ4n) is 1.01. The van der Waals surface area contributed by atoms with Gasteiger partial charge in [-0.25, -0.2) is 0 Å². The zero-order valence-corrected chi connectivity index (χ0v) is 9.36.